The molecule has 2 aliphatic carbocycles. The molecule has 3 rings (SSSR count). The van der Waals surface area contributed by atoms with Gasteiger partial charge in [0.25, 0.3) is 0 Å². The van der Waals surface area contributed by atoms with Gasteiger partial charge in [0, 0.05) is 6.54 Å². The predicted octanol–water partition coefficient (Wildman–Crippen LogP) is 0.707. The molecule has 4 nitrogen and oxygen atoms in total. The molecule has 2 amide bonds. The number of carbonyl (C=O) groups is 2. The number of nitrogens with zero attached hydrogens (tertiary/aromatic N) is 2. The molecule has 2 fully saturated rings. The molecule has 0 radical (unpaired) electrons. The van der Waals surface area contributed by atoms with E-state index < -0.39 is 0 Å². The van der Waals surface area contributed by atoms with Crippen molar-refractivity contribution in [2.45, 2.75) is 12.8 Å². The van der Waals surface area contributed by atoms with Crippen molar-refractivity contribution < 1.29 is 9.59 Å². The predicted molar refractivity (Wildman–Crippen MR) is 54.7 cm³/mol. The normalized spacial score (nSPS) is 39.3. The Hall–Kier alpha value is -1.63. The van der Waals surface area contributed by atoms with Gasteiger partial charge < -0.3 is 0 Å². The highest BCUT2D eigenvalue weighted by molar-refractivity contribution is 6.06. The lowest BCUT2D eigenvalue weighted by atomic mass is 9.85. The van der Waals surface area contributed by atoms with Gasteiger partial charge in [-0.1, -0.05) is 12.2 Å². The third-order valence-electron chi connectivity index (χ3n) is 4.01. The highest BCUT2D eigenvalue weighted by atomic mass is 16.2. The fraction of sp³-hybridized carbons (Fsp3) is 0.583. The molecule has 0 spiro atoms. The number of hydrogen-bond donors (Lipinski definition) is 0. The lowest BCUT2D eigenvalue weighted by Gasteiger charge is -2.15. The number of nitriles is 1. The first-order chi connectivity index (χ1) is 7.74. The van der Waals surface area contributed by atoms with Crippen LogP contribution in [0.4, 0.5) is 0 Å². The van der Waals surface area contributed by atoms with E-state index >= 15 is 0 Å². The van der Waals surface area contributed by atoms with E-state index in [1.165, 1.54) is 4.90 Å². The Bertz CT molecular complexity index is 405. The first kappa shape index (κ1) is 9.59. The monoisotopic (exact) mass is 216 g/mol. The van der Waals surface area contributed by atoms with Crippen LogP contribution in [-0.4, -0.2) is 23.3 Å². The van der Waals surface area contributed by atoms with Crippen molar-refractivity contribution in [3.05, 3.63) is 12.2 Å². The van der Waals surface area contributed by atoms with Crippen LogP contribution in [0, 0.1) is 35.0 Å². The van der Waals surface area contributed by atoms with Crippen molar-refractivity contribution in [1.82, 2.24) is 4.90 Å². The molecule has 0 N–H and O–H groups in total. The average Bonchev–Trinajstić information content (AvgIpc) is 2.92. The molecule has 4 atom stereocenters. The number of amides is 2. The van der Waals surface area contributed by atoms with Crippen LogP contribution in [0.1, 0.15) is 12.8 Å². The van der Waals surface area contributed by atoms with E-state index in [4.69, 9.17) is 5.26 Å². The lowest BCUT2D eigenvalue weighted by molar-refractivity contribution is -0.140. The first-order valence-electron chi connectivity index (χ1n) is 5.64. The highest BCUT2D eigenvalue weighted by Crippen LogP contribution is 2.52. The maximum Gasteiger partial charge on any atom is 0.233 e. The van der Waals surface area contributed by atoms with Gasteiger partial charge in [-0.05, 0) is 18.3 Å². The molecule has 3 aliphatic rings. The van der Waals surface area contributed by atoms with Gasteiger partial charge in [-0.3, -0.25) is 14.5 Å². The van der Waals surface area contributed by atoms with Crippen LogP contribution < -0.4 is 0 Å². The lowest BCUT2D eigenvalue weighted by Crippen LogP contribution is -2.33. The van der Waals surface area contributed by atoms with Crippen molar-refractivity contribution >= 4 is 11.8 Å². The number of rotatable bonds is 2. The van der Waals surface area contributed by atoms with E-state index in [0.717, 1.165) is 6.42 Å². The number of fused-ring (bicyclic) bond motifs is 5. The zero-order valence-electron chi connectivity index (χ0n) is 8.80. The summed E-state index contributed by atoms with van der Waals surface area (Å²) in [5, 5.41) is 8.51. The second-order valence-corrected chi connectivity index (χ2v) is 4.74. The van der Waals surface area contributed by atoms with E-state index in [1.54, 1.807) is 0 Å². The molecular weight excluding hydrogens is 204 g/mol. The third-order valence-corrected chi connectivity index (χ3v) is 4.01. The van der Waals surface area contributed by atoms with Gasteiger partial charge in [0.15, 0.2) is 0 Å². The van der Waals surface area contributed by atoms with Crippen molar-refractivity contribution in [3.8, 4) is 6.07 Å². The maximum atomic E-state index is 12.1. The van der Waals surface area contributed by atoms with Crippen molar-refractivity contribution in [1.29, 1.82) is 5.26 Å². The summed E-state index contributed by atoms with van der Waals surface area (Å²) < 4.78 is 0. The van der Waals surface area contributed by atoms with Crippen LogP contribution in [0.25, 0.3) is 0 Å². The van der Waals surface area contributed by atoms with E-state index in [0.29, 0.717) is 0 Å². The molecule has 0 aromatic rings. The van der Waals surface area contributed by atoms with Crippen LogP contribution in [0.2, 0.25) is 0 Å². The summed E-state index contributed by atoms with van der Waals surface area (Å²) >= 11 is 0. The number of allylic oxidation sites excluding steroid dienone is 2. The second kappa shape index (κ2) is 3.18. The van der Waals surface area contributed by atoms with Crippen molar-refractivity contribution in [2.75, 3.05) is 6.54 Å². The Morgan fingerprint density at radius 2 is 1.81 bits per heavy atom. The largest absolute Gasteiger partial charge is 0.281 e. The molecule has 0 aromatic heterocycles. The van der Waals surface area contributed by atoms with Gasteiger partial charge in [-0.25, -0.2) is 0 Å². The quantitative estimate of drug-likeness (QED) is 0.504. The summed E-state index contributed by atoms with van der Waals surface area (Å²) in [5.41, 5.74) is 0. The summed E-state index contributed by atoms with van der Waals surface area (Å²) in [6.45, 7) is 0.264. The summed E-state index contributed by atoms with van der Waals surface area (Å²) in [7, 11) is 0. The van der Waals surface area contributed by atoms with Crippen molar-refractivity contribution in [2.24, 2.45) is 23.7 Å². The van der Waals surface area contributed by atoms with E-state index in [2.05, 4.69) is 12.2 Å². The smallest absolute Gasteiger partial charge is 0.233 e. The van der Waals surface area contributed by atoms with Crippen LogP contribution in [-0.2, 0) is 9.59 Å². The summed E-state index contributed by atoms with van der Waals surface area (Å²) in [4.78, 5) is 25.4. The standard InChI is InChI=1S/C12H12N2O2/c13-4-1-5-14-11(15)9-7-2-3-8(6-7)10(9)12(14)16/h2-3,7-10H,1,5-6H2/t7-,8-,9-,10-/m1/s1. The molecule has 1 aliphatic heterocycles. The van der Waals surface area contributed by atoms with Crippen LogP contribution in [0.15, 0.2) is 12.2 Å². The Labute approximate surface area is 93.5 Å². The van der Waals surface area contributed by atoms with E-state index in [1.807, 2.05) is 6.07 Å². The molecule has 1 heterocycles. The SMILES string of the molecule is N#CCCN1C(=O)[C@H]2[C@H](C1=O)[C@@H]1C=C[C@@H]2C1. The van der Waals surface area contributed by atoms with Gasteiger partial charge in [-0.15, -0.1) is 0 Å². The van der Waals surface area contributed by atoms with Crippen molar-refractivity contribution in [3.63, 3.8) is 0 Å². The summed E-state index contributed by atoms with van der Waals surface area (Å²) in [5.74, 6) is 0.170. The van der Waals surface area contributed by atoms with E-state index in [-0.39, 0.29) is 48.5 Å². The number of imide groups is 1. The molecule has 1 saturated heterocycles. The minimum absolute atomic E-state index is 0.0536. The molecule has 4 heteroatoms. The Balaban J connectivity index is 1.86. The number of likely N-dealkylation sites (tertiary alicyclic amines) is 1. The summed E-state index contributed by atoms with van der Waals surface area (Å²) in [6, 6.07) is 1.98. The topological polar surface area (TPSA) is 61.2 Å². The molecular formula is C12H12N2O2. The minimum atomic E-state index is -0.124. The first-order valence-corrected chi connectivity index (χ1v) is 5.64. The van der Waals surface area contributed by atoms with Crippen LogP contribution >= 0.6 is 0 Å². The second-order valence-electron chi connectivity index (χ2n) is 4.74. The van der Waals surface area contributed by atoms with Gasteiger partial charge >= 0.3 is 0 Å². The molecule has 0 aromatic carbocycles. The van der Waals surface area contributed by atoms with Crippen LogP contribution in [0.3, 0.4) is 0 Å². The van der Waals surface area contributed by atoms with Gasteiger partial charge in [-0.2, -0.15) is 5.26 Å². The zero-order chi connectivity index (χ0) is 11.3. The highest BCUT2D eigenvalue weighted by Gasteiger charge is 2.58. The molecule has 16 heavy (non-hydrogen) atoms. The fourth-order valence-corrected chi connectivity index (χ4v) is 3.35. The fourth-order valence-electron chi connectivity index (χ4n) is 3.35. The molecule has 82 valence electrons. The summed E-state index contributed by atoms with van der Waals surface area (Å²) in [6.07, 6.45) is 5.34. The van der Waals surface area contributed by atoms with Gasteiger partial charge in [0.1, 0.15) is 0 Å². The van der Waals surface area contributed by atoms with Gasteiger partial charge in [0.05, 0.1) is 24.3 Å². The van der Waals surface area contributed by atoms with Crippen LogP contribution in [0.5, 0.6) is 0 Å². The molecule has 2 bridgehead atoms. The molecule has 1 saturated carbocycles. The number of hydrogen-bond acceptors (Lipinski definition) is 3. The Morgan fingerprint density at radius 3 is 2.31 bits per heavy atom. The average molecular weight is 216 g/mol. The third kappa shape index (κ3) is 1.03. The van der Waals surface area contributed by atoms with Gasteiger partial charge in [0.2, 0.25) is 11.8 Å². The number of carbonyl (C=O) groups excluding carboxylic acids is 2. The van der Waals surface area contributed by atoms with E-state index in [9.17, 15) is 9.59 Å². The maximum absolute atomic E-state index is 12.1. The Kier molecular flexibility index (Phi) is 1.90. The molecule has 0 unspecified atom stereocenters. The minimum Gasteiger partial charge on any atom is -0.281 e. The Morgan fingerprint density at radius 1 is 1.25 bits per heavy atom. The zero-order valence-corrected chi connectivity index (χ0v) is 8.80.